The molecule has 1 saturated carbocycles. The maximum absolute atomic E-state index is 13.4. The molecule has 1 aliphatic carbocycles. The van der Waals surface area contributed by atoms with Crippen molar-refractivity contribution in [2.24, 2.45) is 7.05 Å². The molecule has 1 atom stereocenters. The number of fused-ring (bicyclic) bond motifs is 2. The number of likely N-dealkylation sites (tertiary alicyclic amines) is 1. The van der Waals surface area contributed by atoms with E-state index in [1.54, 1.807) is 41.4 Å². The Morgan fingerprint density at radius 3 is 2.40 bits per heavy atom. The summed E-state index contributed by atoms with van der Waals surface area (Å²) in [5.74, 6) is 0.812. The highest BCUT2D eigenvalue weighted by Gasteiger charge is 2.36. The van der Waals surface area contributed by atoms with Crippen molar-refractivity contribution in [2.45, 2.75) is 75.4 Å². The second kappa shape index (κ2) is 13.9. The Balaban J connectivity index is 0.827. The molecule has 1 aromatic carbocycles. The zero-order valence-electron chi connectivity index (χ0n) is 31.6. The molecule has 0 radical (unpaired) electrons. The average Bonchev–Trinajstić information content (AvgIpc) is 3.89. The zero-order chi connectivity index (χ0) is 38.0. The minimum atomic E-state index is -0.698. The van der Waals surface area contributed by atoms with Gasteiger partial charge in [-0.05, 0) is 61.9 Å². The van der Waals surface area contributed by atoms with E-state index < -0.39 is 11.9 Å². The van der Waals surface area contributed by atoms with E-state index in [1.165, 1.54) is 5.56 Å². The lowest BCUT2D eigenvalue weighted by Crippen LogP contribution is -2.54. The first-order valence-electron chi connectivity index (χ1n) is 19.5. The summed E-state index contributed by atoms with van der Waals surface area (Å²) in [4.78, 5) is 71.7. The highest BCUT2D eigenvalue weighted by Crippen LogP contribution is 2.37. The van der Waals surface area contributed by atoms with Crippen molar-refractivity contribution < 1.29 is 14.4 Å². The summed E-state index contributed by atoms with van der Waals surface area (Å²) in [7, 11) is 5.32. The van der Waals surface area contributed by atoms with Crippen LogP contribution in [0.15, 0.2) is 53.6 Å². The molecule has 3 saturated heterocycles. The number of aryl methyl sites for hydroxylation is 1. The number of imidazole rings is 1. The van der Waals surface area contributed by atoms with Crippen LogP contribution in [-0.4, -0.2) is 102 Å². The van der Waals surface area contributed by atoms with Crippen LogP contribution in [0, 0.1) is 0 Å². The fraction of sp³-hybridized carbons (Fsp3) is 0.475. The second-order valence-electron chi connectivity index (χ2n) is 15.8. The average molecular weight is 746 g/mol. The van der Waals surface area contributed by atoms with Gasteiger partial charge in [0.05, 0.1) is 16.7 Å². The number of carbonyl (C=O) groups is 3. The molecule has 4 aliphatic rings. The van der Waals surface area contributed by atoms with Gasteiger partial charge in [0.1, 0.15) is 23.2 Å². The summed E-state index contributed by atoms with van der Waals surface area (Å²) in [6, 6.07) is 12.0. The number of nitrogens with one attached hydrogen (secondary N) is 2. The summed E-state index contributed by atoms with van der Waals surface area (Å²) >= 11 is 0. The van der Waals surface area contributed by atoms with E-state index in [9.17, 15) is 19.2 Å². The third-order valence-corrected chi connectivity index (χ3v) is 12.2. The lowest BCUT2D eigenvalue weighted by molar-refractivity contribution is -0.135. The zero-order valence-corrected chi connectivity index (χ0v) is 31.6. The van der Waals surface area contributed by atoms with E-state index in [0.717, 1.165) is 92.5 Å². The van der Waals surface area contributed by atoms with Gasteiger partial charge in [0, 0.05) is 89.5 Å². The molecule has 5 aromatic rings. The number of aromatic nitrogens is 6. The van der Waals surface area contributed by atoms with E-state index >= 15 is 0 Å². The molecule has 4 fully saturated rings. The van der Waals surface area contributed by atoms with Gasteiger partial charge in [-0.2, -0.15) is 4.98 Å². The van der Waals surface area contributed by atoms with Gasteiger partial charge in [-0.1, -0.05) is 25.0 Å². The Morgan fingerprint density at radius 1 is 0.909 bits per heavy atom. The van der Waals surface area contributed by atoms with Gasteiger partial charge >= 0.3 is 5.69 Å². The summed E-state index contributed by atoms with van der Waals surface area (Å²) in [6.07, 6.45) is 10.7. The van der Waals surface area contributed by atoms with Crippen LogP contribution in [-0.2, 0) is 16.6 Å². The molecule has 286 valence electrons. The number of hydrogen-bond acceptors (Lipinski definition) is 10. The molecule has 0 bridgehead atoms. The maximum atomic E-state index is 13.4. The van der Waals surface area contributed by atoms with Crippen molar-refractivity contribution in [1.29, 1.82) is 0 Å². The lowest BCUT2D eigenvalue weighted by atomic mass is 9.88. The van der Waals surface area contributed by atoms with Gasteiger partial charge in [0.2, 0.25) is 17.8 Å². The number of anilines is 3. The fourth-order valence-electron chi connectivity index (χ4n) is 9.23. The van der Waals surface area contributed by atoms with Crippen LogP contribution in [0.3, 0.4) is 0 Å². The molecular formula is C40H47N11O4. The molecule has 55 heavy (non-hydrogen) atoms. The van der Waals surface area contributed by atoms with Gasteiger partial charge in [-0.25, -0.2) is 14.8 Å². The van der Waals surface area contributed by atoms with Crippen molar-refractivity contribution >= 4 is 57.2 Å². The molecule has 2 N–H and O–H groups in total. The number of imide groups is 1. The summed E-state index contributed by atoms with van der Waals surface area (Å²) in [5.41, 5.74) is 4.94. The Kier molecular flexibility index (Phi) is 8.90. The first-order chi connectivity index (χ1) is 26.6. The van der Waals surface area contributed by atoms with Crippen molar-refractivity contribution in [3.8, 4) is 0 Å². The highest BCUT2D eigenvalue weighted by molar-refractivity contribution is 6.01. The number of carbonyl (C=O) groups excluding carboxylic acids is 3. The number of pyridine rings is 1. The van der Waals surface area contributed by atoms with E-state index in [1.807, 2.05) is 30.5 Å². The summed E-state index contributed by atoms with van der Waals surface area (Å²) < 4.78 is 5.31. The third-order valence-electron chi connectivity index (χ3n) is 12.2. The number of benzene rings is 1. The number of hydrogen-bond donors (Lipinski definition) is 2. The van der Waals surface area contributed by atoms with Gasteiger partial charge in [-0.3, -0.25) is 33.7 Å². The molecule has 7 heterocycles. The molecule has 0 spiro atoms. The summed E-state index contributed by atoms with van der Waals surface area (Å²) in [5, 5.41) is 6.54. The molecule has 0 unspecified atom stereocenters. The lowest BCUT2D eigenvalue weighted by Gasteiger charge is -2.47. The predicted octanol–water partition coefficient (Wildman–Crippen LogP) is 4.09. The van der Waals surface area contributed by atoms with Gasteiger partial charge < -0.3 is 19.7 Å². The Morgan fingerprint density at radius 2 is 1.69 bits per heavy atom. The SMILES string of the molecule is CN(C)C(=O)c1cc2cnc(Nc3ccc(C4CN(C5CCN(c6cccc7c6n(C)c(=O)n7[C@H]6CCC(=O)NC6=O)CC5)C4)cn3)nc2n1C1CCCC1. The molecule has 9 rings (SSSR count). The number of nitrogens with zero attached hydrogens (tertiary/aromatic N) is 9. The molecule has 15 heteroatoms. The maximum Gasteiger partial charge on any atom is 0.329 e. The molecule has 3 aliphatic heterocycles. The van der Waals surface area contributed by atoms with Crippen LogP contribution < -0.4 is 21.2 Å². The van der Waals surface area contributed by atoms with Crippen LogP contribution in [0.4, 0.5) is 17.5 Å². The van der Waals surface area contributed by atoms with Crippen molar-refractivity contribution in [3.63, 3.8) is 0 Å². The van der Waals surface area contributed by atoms with Crippen LogP contribution in [0.1, 0.15) is 85.4 Å². The smallest absolute Gasteiger partial charge is 0.329 e. The predicted molar refractivity (Wildman–Crippen MR) is 209 cm³/mol. The molecular weight excluding hydrogens is 699 g/mol. The van der Waals surface area contributed by atoms with Crippen molar-refractivity contribution in [2.75, 3.05) is 50.5 Å². The Bertz CT molecular complexity index is 2360. The Hall–Kier alpha value is -5.57. The van der Waals surface area contributed by atoms with Crippen LogP contribution in [0.25, 0.3) is 22.1 Å². The van der Waals surface area contributed by atoms with Crippen molar-refractivity contribution in [3.05, 3.63) is 70.5 Å². The highest BCUT2D eigenvalue weighted by atomic mass is 16.2. The van der Waals surface area contributed by atoms with Gasteiger partial charge in [0.25, 0.3) is 5.91 Å². The monoisotopic (exact) mass is 745 g/mol. The van der Waals surface area contributed by atoms with Crippen LogP contribution in [0.2, 0.25) is 0 Å². The summed E-state index contributed by atoms with van der Waals surface area (Å²) in [6.45, 7) is 3.72. The van der Waals surface area contributed by atoms with E-state index in [4.69, 9.17) is 9.97 Å². The molecule has 15 nitrogen and oxygen atoms in total. The molecule has 3 amide bonds. The van der Waals surface area contributed by atoms with Crippen LogP contribution >= 0.6 is 0 Å². The molecule has 4 aromatic heterocycles. The minimum Gasteiger partial charge on any atom is -0.370 e. The van der Waals surface area contributed by atoms with E-state index in [0.29, 0.717) is 35.8 Å². The third kappa shape index (κ3) is 6.23. The fourth-order valence-corrected chi connectivity index (χ4v) is 9.23. The first-order valence-corrected chi connectivity index (χ1v) is 19.5. The Labute approximate surface area is 318 Å². The van der Waals surface area contributed by atoms with E-state index in [-0.39, 0.29) is 30.0 Å². The number of piperidine rings is 2. The number of para-hydroxylation sites is 1. The van der Waals surface area contributed by atoms with Gasteiger partial charge in [0.15, 0.2) is 0 Å². The van der Waals surface area contributed by atoms with Crippen LogP contribution in [0.5, 0.6) is 0 Å². The quantitative estimate of drug-likeness (QED) is 0.222. The normalized spacial score (nSPS) is 20.3. The largest absolute Gasteiger partial charge is 0.370 e. The van der Waals surface area contributed by atoms with Gasteiger partial charge in [-0.15, -0.1) is 0 Å². The van der Waals surface area contributed by atoms with Crippen molar-refractivity contribution in [1.82, 2.24) is 43.8 Å². The minimum absolute atomic E-state index is 0.0277. The number of amides is 3. The van der Waals surface area contributed by atoms with E-state index in [2.05, 4.69) is 42.1 Å². The number of rotatable bonds is 8. The standard InChI is InChI=1S/C40H47N11O4/c1-46(2)38(54)32-19-25-21-42-39(45-36(25)50(32)28-7-4-5-8-28)43-33-13-11-24(20-41-33)26-22-49(23-26)27-15-17-48(18-16-27)29-9-6-10-30-35(29)47(3)40(55)51(30)31-12-14-34(52)44-37(31)53/h6,9-11,13,19-21,26-28,31H,4-5,7-8,12,14-18,22-23H2,1-3H3,(H,44,52,53)(H,41,42,43,45)/t31-/m0/s1. The topological polar surface area (TPSA) is 156 Å². The first kappa shape index (κ1) is 35.2. The second-order valence-corrected chi connectivity index (χ2v) is 15.8.